The number of aromatic nitrogens is 3. The summed E-state index contributed by atoms with van der Waals surface area (Å²) in [6.07, 6.45) is 7.99. The number of ether oxygens (including phenoxy) is 1. The fourth-order valence-electron chi connectivity index (χ4n) is 7.74. The Hall–Kier alpha value is -5.03. The maximum atomic E-state index is 14.9. The van der Waals surface area contributed by atoms with Crippen molar-refractivity contribution in [3.8, 4) is 17.0 Å². The number of carbonyl (C=O) groups is 2. The summed E-state index contributed by atoms with van der Waals surface area (Å²) < 4.78 is 7.81. The van der Waals surface area contributed by atoms with Crippen LogP contribution in [-0.2, 0) is 30.7 Å². The fourth-order valence-corrected chi connectivity index (χ4v) is 7.91. The minimum absolute atomic E-state index is 0.0145. The molecule has 10 nitrogen and oxygen atoms in total. The second-order valence-corrected chi connectivity index (χ2v) is 13.9. The van der Waals surface area contributed by atoms with Gasteiger partial charge in [-0.1, -0.05) is 35.9 Å². The highest BCUT2D eigenvalue weighted by atomic mass is 35.5. The van der Waals surface area contributed by atoms with E-state index in [0.29, 0.717) is 65.8 Å². The standard InChI is InChI=1S/C40H39ClN6O4/c41-29-8-13-34(39(49)46-24-28-6-2-1-5-27(28)19-31(46)25-44-15-17-51-18-16-44)35(20-29)38-21-36(37-7-3-4-14-45(37)38)40(50)47(32-22-42-26-43-23-32)30-9-11-33(48)12-10-30/h1-2,5-6,8-13,20-23,26,31,48H,3-4,7,14-19,24-25H2/t31-/m0/s1. The van der Waals surface area contributed by atoms with Crippen LogP contribution in [0.25, 0.3) is 11.3 Å². The Balaban J connectivity index is 1.20. The quantitative estimate of drug-likeness (QED) is 0.206. The van der Waals surface area contributed by atoms with Gasteiger partial charge in [-0.05, 0) is 85.3 Å². The van der Waals surface area contributed by atoms with Crippen LogP contribution in [0.2, 0.25) is 5.02 Å². The lowest BCUT2D eigenvalue weighted by Crippen LogP contribution is -2.52. The zero-order valence-corrected chi connectivity index (χ0v) is 29.0. The largest absolute Gasteiger partial charge is 0.508 e. The molecule has 0 bridgehead atoms. The number of anilines is 2. The number of morpholine rings is 1. The molecule has 0 spiro atoms. The van der Waals surface area contributed by atoms with E-state index in [1.54, 1.807) is 47.6 Å². The highest BCUT2D eigenvalue weighted by Crippen LogP contribution is 2.38. The Morgan fingerprint density at radius 2 is 1.65 bits per heavy atom. The van der Waals surface area contributed by atoms with Crippen LogP contribution in [-0.4, -0.2) is 80.1 Å². The molecule has 1 saturated heterocycles. The van der Waals surface area contributed by atoms with Gasteiger partial charge in [0.2, 0.25) is 0 Å². The molecule has 2 aromatic heterocycles. The Morgan fingerprint density at radius 1 is 0.882 bits per heavy atom. The smallest absolute Gasteiger partial charge is 0.264 e. The summed E-state index contributed by atoms with van der Waals surface area (Å²) >= 11 is 6.70. The fraction of sp³-hybridized carbons (Fsp3) is 0.300. The van der Waals surface area contributed by atoms with Crippen molar-refractivity contribution in [3.05, 3.63) is 124 Å². The van der Waals surface area contributed by atoms with Crippen LogP contribution in [0.5, 0.6) is 5.75 Å². The summed E-state index contributed by atoms with van der Waals surface area (Å²) in [5.41, 5.74) is 7.01. The topological polar surface area (TPSA) is 104 Å². The van der Waals surface area contributed by atoms with Crippen molar-refractivity contribution in [2.75, 3.05) is 37.7 Å². The molecular formula is C40H39ClN6O4. The third-order valence-electron chi connectivity index (χ3n) is 10.3. The van der Waals surface area contributed by atoms with E-state index in [4.69, 9.17) is 16.3 Å². The molecule has 1 fully saturated rings. The predicted molar refractivity (Wildman–Crippen MR) is 195 cm³/mol. The Labute approximate surface area is 301 Å². The normalized spacial score (nSPS) is 17.4. The number of benzene rings is 3. The minimum atomic E-state index is -0.250. The van der Waals surface area contributed by atoms with Crippen molar-refractivity contribution in [2.45, 2.75) is 44.8 Å². The van der Waals surface area contributed by atoms with Gasteiger partial charge in [0, 0.05) is 72.0 Å². The molecule has 3 aliphatic rings. The highest BCUT2D eigenvalue weighted by molar-refractivity contribution is 6.31. The molecule has 0 unspecified atom stereocenters. The van der Waals surface area contributed by atoms with E-state index in [0.717, 1.165) is 55.8 Å². The summed E-state index contributed by atoms with van der Waals surface area (Å²) in [5.74, 6) is -0.206. The summed E-state index contributed by atoms with van der Waals surface area (Å²) in [6, 6.07) is 22.3. The molecular weight excluding hydrogens is 664 g/mol. The van der Waals surface area contributed by atoms with E-state index in [2.05, 4.69) is 37.6 Å². The first-order valence-electron chi connectivity index (χ1n) is 17.5. The van der Waals surface area contributed by atoms with Gasteiger partial charge in [0.05, 0.1) is 36.9 Å². The van der Waals surface area contributed by atoms with Crippen molar-refractivity contribution < 1.29 is 19.4 Å². The summed E-state index contributed by atoms with van der Waals surface area (Å²) in [7, 11) is 0. The van der Waals surface area contributed by atoms with Crippen LogP contribution in [0.3, 0.4) is 0 Å². The molecule has 1 atom stereocenters. The van der Waals surface area contributed by atoms with E-state index in [1.807, 2.05) is 29.2 Å². The molecule has 260 valence electrons. The van der Waals surface area contributed by atoms with Gasteiger partial charge >= 0.3 is 0 Å². The average Bonchev–Trinajstić information content (AvgIpc) is 3.56. The zero-order chi connectivity index (χ0) is 34.9. The van der Waals surface area contributed by atoms with Gasteiger partial charge in [-0.2, -0.15) is 0 Å². The number of halogens is 1. The van der Waals surface area contributed by atoms with Crippen molar-refractivity contribution in [2.24, 2.45) is 0 Å². The third-order valence-corrected chi connectivity index (χ3v) is 10.5. The van der Waals surface area contributed by atoms with Gasteiger partial charge in [-0.3, -0.25) is 19.4 Å². The van der Waals surface area contributed by atoms with Gasteiger partial charge in [0.15, 0.2) is 0 Å². The first kappa shape index (κ1) is 33.1. The molecule has 5 aromatic rings. The molecule has 51 heavy (non-hydrogen) atoms. The van der Waals surface area contributed by atoms with E-state index in [1.165, 1.54) is 11.9 Å². The molecule has 3 aromatic carbocycles. The van der Waals surface area contributed by atoms with Gasteiger partial charge in [-0.15, -0.1) is 0 Å². The number of carbonyl (C=O) groups excluding carboxylic acids is 2. The maximum absolute atomic E-state index is 14.9. The van der Waals surface area contributed by atoms with Crippen LogP contribution in [0.1, 0.15) is 50.4 Å². The van der Waals surface area contributed by atoms with Crippen molar-refractivity contribution in [3.63, 3.8) is 0 Å². The molecule has 2 amide bonds. The SMILES string of the molecule is O=C(c1cc(-c2cc(Cl)ccc2C(=O)N2Cc3ccccc3C[C@H]2CN2CCOCC2)n2c1CCCC2)N(c1ccc(O)cc1)c1cncnc1. The lowest BCUT2D eigenvalue weighted by molar-refractivity contribution is 0.0193. The Kier molecular flexibility index (Phi) is 9.29. The van der Waals surface area contributed by atoms with E-state index >= 15 is 0 Å². The Morgan fingerprint density at radius 3 is 2.43 bits per heavy atom. The average molecular weight is 703 g/mol. The highest BCUT2D eigenvalue weighted by Gasteiger charge is 2.35. The molecule has 5 heterocycles. The minimum Gasteiger partial charge on any atom is -0.508 e. The number of fused-ring (bicyclic) bond motifs is 2. The summed E-state index contributed by atoms with van der Waals surface area (Å²) in [5, 5.41) is 10.5. The van der Waals surface area contributed by atoms with Gasteiger partial charge < -0.3 is 19.3 Å². The maximum Gasteiger partial charge on any atom is 0.264 e. The summed E-state index contributed by atoms with van der Waals surface area (Å²) in [6.45, 7) is 5.07. The van der Waals surface area contributed by atoms with Gasteiger partial charge in [-0.25, -0.2) is 9.97 Å². The number of hydrogen-bond donors (Lipinski definition) is 1. The molecule has 8 rings (SSSR count). The first-order chi connectivity index (χ1) is 24.9. The molecule has 3 aliphatic heterocycles. The van der Waals surface area contributed by atoms with Gasteiger partial charge in [0.25, 0.3) is 11.8 Å². The van der Waals surface area contributed by atoms with Crippen molar-refractivity contribution in [1.29, 1.82) is 0 Å². The number of hydrogen-bond acceptors (Lipinski definition) is 7. The van der Waals surface area contributed by atoms with E-state index in [-0.39, 0.29) is 23.6 Å². The molecule has 0 saturated carbocycles. The second kappa shape index (κ2) is 14.3. The van der Waals surface area contributed by atoms with Crippen LogP contribution in [0.4, 0.5) is 11.4 Å². The van der Waals surface area contributed by atoms with Crippen LogP contribution in [0, 0.1) is 0 Å². The van der Waals surface area contributed by atoms with Crippen molar-refractivity contribution >= 4 is 34.8 Å². The molecule has 0 radical (unpaired) electrons. The van der Waals surface area contributed by atoms with E-state index < -0.39 is 0 Å². The van der Waals surface area contributed by atoms with Crippen LogP contribution in [0.15, 0.2) is 91.5 Å². The first-order valence-corrected chi connectivity index (χ1v) is 17.9. The number of phenolic OH excluding ortho intramolecular Hbond substituents is 1. The number of aromatic hydroxyl groups is 1. The van der Waals surface area contributed by atoms with Crippen LogP contribution >= 0.6 is 11.6 Å². The number of amides is 2. The van der Waals surface area contributed by atoms with Crippen molar-refractivity contribution in [1.82, 2.24) is 24.3 Å². The Bertz CT molecular complexity index is 2060. The van der Waals surface area contributed by atoms with E-state index in [9.17, 15) is 14.7 Å². The lowest BCUT2D eigenvalue weighted by Gasteiger charge is -2.40. The second-order valence-electron chi connectivity index (χ2n) is 13.4. The zero-order valence-electron chi connectivity index (χ0n) is 28.2. The summed E-state index contributed by atoms with van der Waals surface area (Å²) in [4.78, 5) is 44.0. The predicted octanol–water partition coefficient (Wildman–Crippen LogP) is 6.52. The van der Waals surface area contributed by atoms with Crippen LogP contribution < -0.4 is 4.90 Å². The lowest BCUT2D eigenvalue weighted by atomic mass is 9.92. The number of phenols is 1. The third kappa shape index (κ3) is 6.62. The number of nitrogens with zero attached hydrogens (tertiary/aromatic N) is 6. The number of rotatable bonds is 7. The molecule has 11 heteroatoms. The molecule has 1 N–H and O–H groups in total. The monoisotopic (exact) mass is 702 g/mol. The molecule has 0 aliphatic carbocycles. The van der Waals surface area contributed by atoms with Gasteiger partial charge in [0.1, 0.15) is 12.1 Å².